The van der Waals surface area contributed by atoms with Crippen molar-refractivity contribution in [3.05, 3.63) is 23.7 Å². The second-order valence-electron chi connectivity index (χ2n) is 4.30. The van der Waals surface area contributed by atoms with E-state index in [0.29, 0.717) is 16.8 Å². The highest BCUT2D eigenvalue weighted by atomic mass is 16.5. The van der Waals surface area contributed by atoms with Crippen LogP contribution in [0.15, 0.2) is 12.3 Å². The van der Waals surface area contributed by atoms with Crippen LogP contribution in [0.25, 0.3) is 4.85 Å². The Morgan fingerprint density at radius 2 is 2.19 bits per heavy atom. The number of quaternary nitrogens is 1. The number of nitrogens with zero attached hydrogens (tertiary/aromatic N) is 2. The summed E-state index contributed by atoms with van der Waals surface area (Å²) in [7, 11) is 3.73. The Bertz CT molecular complexity index is 292. The third-order valence-corrected chi connectivity index (χ3v) is 2.04. The van der Waals surface area contributed by atoms with Gasteiger partial charge in [0.05, 0.1) is 40.4 Å². The van der Waals surface area contributed by atoms with Crippen molar-refractivity contribution in [3.63, 3.8) is 0 Å². The molecule has 0 aromatic rings. The molecular weight excluding hydrogens is 208 g/mol. The summed E-state index contributed by atoms with van der Waals surface area (Å²) in [5.41, 5.74) is 0.388. The number of carboxylic acid groups (broad SMARTS) is 1. The van der Waals surface area contributed by atoms with Gasteiger partial charge in [0.2, 0.25) is 0 Å². The summed E-state index contributed by atoms with van der Waals surface area (Å²) in [5.74, 6) is -0.799. The smallest absolute Gasteiger partial charge is 0.359 e. The Labute approximate surface area is 96.3 Å². The predicted molar refractivity (Wildman–Crippen MR) is 60.7 cm³/mol. The standard InChI is InChI=1S/C11H18N2O3/c1-10(12-2)9-16-7-5-6-13(3,4)8-11(14)15/h1,5-9H2,3-4H3/p+1. The SMILES string of the molecule is [C-]#[N+]C(=C)COCCC[N+](C)(C)CC(=O)O. The Hall–Kier alpha value is -1.38. The number of carbonyl (C=O) groups is 1. The minimum absolute atomic E-state index is 0.106. The first-order chi connectivity index (χ1) is 7.37. The second-order valence-corrected chi connectivity index (χ2v) is 4.30. The van der Waals surface area contributed by atoms with Crippen molar-refractivity contribution < 1.29 is 19.1 Å². The van der Waals surface area contributed by atoms with E-state index in [9.17, 15) is 4.79 Å². The summed E-state index contributed by atoms with van der Waals surface area (Å²) in [4.78, 5) is 13.7. The van der Waals surface area contributed by atoms with E-state index in [2.05, 4.69) is 11.4 Å². The quantitative estimate of drug-likeness (QED) is 0.382. The number of rotatable bonds is 8. The van der Waals surface area contributed by atoms with E-state index in [0.717, 1.165) is 13.0 Å². The Balaban J connectivity index is 3.62. The van der Waals surface area contributed by atoms with Crippen molar-refractivity contribution >= 4 is 5.97 Å². The maximum atomic E-state index is 10.5. The first-order valence-corrected chi connectivity index (χ1v) is 5.04. The number of likely N-dealkylation sites (N-methyl/N-ethyl adjacent to an activating group) is 1. The first kappa shape index (κ1) is 14.6. The largest absolute Gasteiger partial charge is 0.477 e. The highest BCUT2D eigenvalue weighted by Crippen LogP contribution is 2.00. The molecule has 0 aromatic heterocycles. The summed E-state index contributed by atoms with van der Waals surface area (Å²) < 4.78 is 5.65. The average Bonchev–Trinajstić information content (AvgIpc) is 2.14. The highest BCUT2D eigenvalue weighted by Gasteiger charge is 2.18. The van der Waals surface area contributed by atoms with Crippen LogP contribution in [0.2, 0.25) is 0 Å². The number of aliphatic carboxylic acids is 1. The monoisotopic (exact) mass is 227 g/mol. The third-order valence-electron chi connectivity index (χ3n) is 2.04. The predicted octanol–water partition coefficient (Wildman–Crippen LogP) is 0.987. The van der Waals surface area contributed by atoms with Gasteiger partial charge in [-0.15, -0.1) is 0 Å². The minimum Gasteiger partial charge on any atom is -0.477 e. The molecular formula is C11H19N2O3+. The molecule has 5 nitrogen and oxygen atoms in total. The fourth-order valence-electron chi connectivity index (χ4n) is 1.26. The maximum absolute atomic E-state index is 10.5. The molecule has 0 radical (unpaired) electrons. The van der Waals surface area contributed by atoms with Crippen molar-refractivity contribution in [2.75, 3.05) is 40.4 Å². The third kappa shape index (κ3) is 7.97. The van der Waals surface area contributed by atoms with Crippen molar-refractivity contribution in [1.29, 1.82) is 0 Å². The van der Waals surface area contributed by atoms with E-state index < -0.39 is 5.97 Å². The van der Waals surface area contributed by atoms with E-state index in [1.807, 2.05) is 14.1 Å². The first-order valence-electron chi connectivity index (χ1n) is 5.04. The van der Waals surface area contributed by atoms with Crippen LogP contribution in [0.4, 0.5) is 0 Å². The summed E-state index contributed by atoms with van der Waals surface area (Å²) in [6.45, 7) is 11.8. The Kier molecular flexibility index (Phi) is 6.38. The summed E-state index contributed by atoms with van der Waals surface area (Å²) >= 11 is 0. The van der Waals surface area contributed by atoms with E-state index in [4.69, 9.17) is 16.4 Å². The lowest BCUT2D eigenvalue weighted by Gasteiger charge is -2.27. The fraction of sp³-hybridized carbons (Fsp3) is 0.636. The molecule has 0 saturated heterocycles. The maximum Gasteiger partial charge on any atom is 0.359 e. The van der Waals surface area contributed by atoms with Crippen LogP contribution < -0.4 is 0 Å². The summed E-state index contributed by atoms with van der Waals surface area (Å²) in [6.07, 6.45) is 0.769. The Morgan fingerprint density at radius 3 is 2.69 bits per heavy atom. The topological polar surface area (TPSA) is 50.9 Å². The molecule has 0 atom stereocenters. The van der Waals surface area contributed by atoms with Crippen LogP contribution in [-0.2, 0) is 9.53 Å². The summed E-state index contributed by atoms with van der Waals surface area (Å²) in [5, 5.41) is 8.66. The molecule has 0 spiro atoms. The van der Waals surface area contributed by atoms with Crippen LogP contribution in [-0.4, -0.2) is 56.0 Å². The number of hydrogen-bond donors (Lipinski definition) is 1. The molecule has 0 aliphatic rings. The van der Waals surface area contributed by atoms with Gasteiger partial charge in [-0.2, -0.15) is 0 Å². The molecule has 0 amide bonds. The lowest BCUT2D eigenvalue weighted by molar-refractivity contribution is -0.883. The molecule has 0 aromatic carbocycles. The number of ether oxygens (including phenoxy) is 1. The highest BCUT2D eigenvalue weighted by molar-refractivity contribution is 5.67. The molecule has 16 heavy (non-hydrogen) atoms. The van der Waals surface area contributed by atoms with E-state index in [1.165, 1.54) is 0 Å². The normalized spacial score (nSPS) is 10.8. The Morgan fingerprint density at radius 1 is 1.56 bits per heavy atom. The van der Waals surface area contributed by atoms with Gasteiger partial charge in [-0.25, -0.2) is 9.64 Å². The molecule has 0 fully saturated rings. The minimum atomic E-state index is -0.799. The van der Waals surface area contributed by atoms with Crippen LogP contribution in [0, 0.1) is 6.57 Å². The van der Waals surface area contributed by atoms with Gasteiger partial charge in [0.25, 0.3) is 0 Å². The van der Waals surface area contributed by atoms with Gasteiger partial charge < -0.3 is 14.3 Å². The molecule has 1 N–H and O–H groups in total. The van der Waals surface area contributed by atoms with Crippen LogP contribution >= 0.6 is 0 Å². The van der Waals surface area contributed by atoms with E-state index >= 15 is 0 Å². The van der Waals surface area contributed by atoms with Crippen molar-refractivity contribution in [2.45, 2.75) is 6.42 Å². The molecule has 0 rings (SSSR count). The van der Waals surface area contributed by atoms with Crippen LogP contribution in [0.5, 0.6) is 0 Å². The van der Waals surface area contributed by atoms with Crippen LogP contribution in [0.3, 0.4) is 0 Å². The average molecular weight is 227 g/mol. The van der Waals surface area contributed by atoms with Crippen molar-refractivity contribution in [1.82, 2.24) is 0 Å². The zero-order valence-electron chi connectivity index (χ0n) is 9.90. The lowest BCUT2D eigenvalue weighted by atomic mass is 10.3. The van der Waals surface area contributed by atoms with E-state index in [-0.39, 0.29) is 13.2 Å². The zero-order chi connectivity index (χ0) is 12.6. The lowest BCUT2D eigenvalue weighted by Crippen LogP contribution is -2.44. The van der Waals surface area contributed by atoms with Gasteiger partial charge in [-0.05, 0) is 0 Å². The molecule has 0 bridgehead atoms. The molecule has 0 heterocycles. The zero-order valence-corrected chi connectivity index (χ0v) is 9.90. The van der Waals surface area contributed by atoms with Gasteiger partial charge in [-0.1, -0.05) is 6.58 Å². The van der Waals surface area contributed by atoms with Gasteiger partial charge in [-0.3, -0.25) is 0 Å². The fourth-order valence-corrected chi connectivity index (χ4v) is 1.26. The van der Waals surface area contributed by atoms with Crippen LogP contribution in [0.1, 0.15) is 6.42 Å². The number of carboxylic acids is 1. The molecule has 90 valence electrons. The molecule has 0 saturated carbocycles. The molecule has 0 aliphatic carbocycles. The second kappa shape index (κ2) is 6.99. The van der Waals surface area contributed by atoms with Gasteiger partial charge in [0, 0.05) is 6.42 Å². The van der Waals surface area contributed by atoms with Crippen molar-refractivity contribution in [2.24, 2.45) is 0 Å². The van der Waals surface area contributed by atoms with Gasteiger partial charge >= 0.3 is 5.97 Å². The van der Waals surface area contributed by atoms with Crippen molar-refractivity contribution in [3.8, 4) is 0 Å². The molecule has 5 heteroatoms. The molecule has 0 aliphatic heterocycles. The number of hydrogen-bond acceptors (Lipinski definition) is 2. The van der Waals surface area contributed by atoms with E-state index in [1.54, 1.807) is 0 Å². The van der Waals surface area contributed by atoms with Gasteiger partial charge in [0.15, 0.2) is 12.2 Å². The summed E-state index contributed by atoms with van der Waals surface area (Å²) in [6, 6.07) is 0. The van der Waals surface area contributed by atoms with Gasteiger partial charge in [0.1, 0.15) is 0 Å². The molecule has 0 unspecified atom stereocenters.